The molecule has 0 atom stereocenters. The summed E-state index contributed by atoms with van der Waals surface area (Å²) in [5, 5.41) is 1.23. The van der Waals surface area contributed by atoms with Gasteiger partial charge in [-0.05, 0) is 73.7 Å². The molecule has 3 aromatic carbocycles. The van der Waals surface area contributed by atoms with E-state index in [0.29, 0.717) is 11.8 Å². The van der Waals surface area contributed by atoms with E-state index in [4.69, 9.17) is 0 Å². The van der Waals surface area contributed by atoms with E-state index >= 15 is 0 Å². The van der Waals surface area contributed by atoms with Crippen LogP contribution in [-0.2, 0) is 0 Å². The Labute approximate surface area is 262 Å². The Morgan fingerprint density at radius 3 is 1.93 bits per heavy atom. The summed E-state index contributed by atoms with van der Waals surface area (Å²) >= 11 is 0. The molecule has 0 aliphatic carbocycles. The summed E-state index contributed by atoms with van der Waals surface area (Å²) in [4.78, 5) is 2.20. The lowest BCUT2D eigenvalue weighted by Crippen LogP contribution is -2.15. The molecule has 0 bridgehead atoms. The minimum absolute atomic E-state index is 0.442. The van der Waals surface area contributed by atoms with Gasteiger partial charge in [-0.15, -0.1) is 0 Å². The molecule has 1 heterocycles. The molecule has 0 fully saturated rings. The van der Waals surface area contributed by atoms with Crippen LogP contribution in [0.5, 0.6) is 0 Å². The van der Waals surface area contributed by atoms with E-state index in [9.17, 15) is 0 Å². The monoisotopic (exact) mass is 572 g/mol. The van der Waals surface area contributed by atoms with E-state index in [1.807, 2.05) is 32.9 Å². The Kier molecular flexibility index (Phi) is 14.3. The molecule has 0 aliphatic rings. The second kappa shape index (κ2) is 17.6. The molecule has 1 aromatic heterocycles. The van der Waals surface area contributed by atoms with Crippen LogP contribution in [0.1, 0.15) is 78.1 Å². The van der Waals surface area contributed by atoms with Crippen LogP contribution in [0.3, 0.4) is 0 Å². The van der Waals surface area contributed by atoms with E-state index in [-0.39, 0.29) is 0 Å². The number of benzene rings is 3. The summed E-state index contributed by atoms with van der Waals surface area (Å²) in [5.41, 5.74) is 9.41. The van der Waals surface area contributed by atoms with Crippen molar-refractivity contribution in [2.45, 2.75) is 61.3 Å². The molecule has 0 aliphatic heterocycles. The molecule has 4 aromatic rings. The number of hydrogen-bond acceptors (Lipinski definition) is 1. The molecule has 0 radical (unpaired) electrons. The maximum Gasteiger partial charge on any atom is 0.0541 e. The SMILES string of the molecule is C=Cc1c(/C=C\C)c2ccccc2n1-c1ccc(N(C)C(/C=C\C(=C)C(C)C)=C/C)cc1.CC.CC(C)c1ccccc1. The van der Waals surface area contributed by atoms with Crippen molar-refractivity contribution in [3.63, 3.8) is 0 Å². The topological polar surface area (TPSA) is 8.17 Å². The Hall–Kier alpha value is -4.30. The first-order valence-corrected chi connectivity index (χ1v) is 15.5. The normalized spacial score (nSPS) is 11.5. The molecule has 2 heteroatoms. The third kappa shape index (κ3) is 9.09. The van der Waals surface area contributed by atoms with Crippen LogP contribution in [0.2, 0.25) is 0 Å². The predicted molar refractivity (Wildman–Crippen MR) is 195 cm³/mol. The van der Waals surface area contributed by atoms with Gasteiger partial charge < -0.3 is 9.47 Å². The third-order valence-electron chi connectivity index (χ3n) is 7.33. The van der Waals surface area contributed by atoms with E-state index in [1.54, 1.807) is 0 Å². The first kappa shape index (κ1) is 34.9. The van der Waals surface area contributed by atoms with Gasteiger partial charge in [0.15, 0.2) is 0 Å². The van der Waals surface area contributed by atoms with Crippen molar-refractivity contribution in [1.29, 1.82) is 0 Å². The fourth-order valence-corrected chi connectivity index (χ4v) is 4.70. The van der Waals surface area contributed by atoms with Gasteiger partial charge in [-0.2, -0.15) is 0 Å². The first-order valence-electron chi connectivity index (χ1n) is 15.5. The highest BCUT2D eigenvalue weighted by Crippen LogP contribution is 2.32. The molecule has 0 unspecified atom stereocenters. The molecule has 0 amide bonds. The zero-order chi connectivity index (χ0) is 31.9. The first-order chi connectivity index (χ1) is 20.7. The van der Waals surface area contributed by atoms with Gasteiger partial charge in [0.2, 0.25) is 0 Å². The molecule has 0 saturated carbocycles. The highest BCUT2D eigenvalue weighted by atomic mass is 15.1. The smallest absolute Gasteiger partial charge is 0.0541 e. The maximum absolute atomic E-state index is 4.15. The number of anilines is 1. The lowest BCUT2D eigenvalue weighted by atomic mass is 10.0. The van der Waals surface area contributed by atoms with Gasteiger partial charge in [0.05, 0.1) is 11.2 Å². The zero-order valence-electron chi connectivity index (χ0n) is 27.9. The number of fused-ring (bicyclic) bond motifs is 1. The second-order valence-corrected chi connectivity index (χ2v) is 10.8. The average molecular weight is 573 g/mol. The quantitative estimate of drug-likeness (QED) is 0.181. The van der Waals surface area contributed by atoms with Gasteiger partial charge in [0, 0.05) is 35.1 Å². The van der Waals surface area contributed by atoms with Crippen molar-refractivity contribution in [3.05, 3.63) is 144 Å². The van der Waals surface area contributed by atoms with Gasteiger partial charge >= 0.3 is 0 Å². The minimum Gasteiger partial charge on any atom is -0.345 e. The van der Waals surface area contributed by atoms with Gasteiger partial charge in [0.25, 0.3) is 0 Å². The minimum atomic E-state index is 0.442. The van der Waals surface area contributed by atoms with Crippen molar-refractivity contribution in [2.75, 3.05) is 11.9 Å². The van der Waals surface area contributed by atoms with Crippen LogP contribution in [0, 0.1) is 5.92 Å². The molecular weight excluding hydrogens is 520 g/mol. The van der Waals surface area contributed by atoms with Crippen LogP contribution in [-0.4, -0.2) is 11.6 Å². The molecule has 0 spiro atoms. The molecule has 2 nitrogen and oxygen atoms in total. The molecule has 0 saturated heterocycles. The van der Waals surface area contributed by atoms with E-state index in [0.717, 1.165) is 28.3 Å². The number of hydrogen-bond donors (Lipinski definition) is 0. The van der Waals surface area contributed by atoms with Gasteiger partial charge in [-0.25, -0.2) is 0 Å². The third-order valence-corrected chi connectivity index (χ3v) is 7.33. The Bertz CT molecular complexity index is 1520. The fraction of sp³-hybridized carbons (Fsp3) is 0.268. The Morgan fingerprint density at radius 2 is 1.42 bits per heavy atom. The lowest BCUT2D eigenvalue weighted by molar-refractivity contribution is 0.795. The molecule has 0 N–H and O–H groups in total. The van der Waals surface area contributed by atoms with E-state index in [2.05, 4.69) is 167 Å². The van der Waals surface area contributed by atoms with Crippen molar-refractivity contribution in [2.24, 2.45) is 5.92 Å². The summed E-state index contributed by atoms with van der Waals surface area (Å²) in [6, 6.07) is 27.7. The van der Waals surface area contributed by atoms with Crippen molar-refractivity contribution >= 4 is 28.7 Å². The largest absolute Gasteiger partial charge is 0.345 e. The van der Waals surface area contributed by atoms with Crippen LogP contribution in [0.4, 0.5) is 5.69 Å². The molecule has 43 heavy (non-hydrogen) atoms. The Morgan fingerprint density at radius 1 is 0.814 bits per heavy atom. The van der Waals surface area contributed by atoms with Crippen molar-refractivity contribution in [1.82, 2.24) is 4.57 Å². The summed E-state index contributed by atoms with van der Waals surface area (Å²) in [7, 11) is 2.09. The predicted octanol–water partition coefficient (Wildman–Crippen LogP) is 12.3. The van der Waals surface area contributed by atoms with Gasteiger partial charge in [0.1, 0.15) is 0 Å². The van der Waals surface area contributed by atoms with Gasteiger partial charge in [-0.1, -0.05) is 133 Å². The summed E-state index contributed by atoms with van der Waals surface area (Å²) in [6.07, 6.45) is 12.5. The van der Waals surface area contributed by atoms with Crippen molar-refractivity contribution < 1.29 is 0 Å². The van der Waals surface area contributed by atoms with E-state index < -0.39 is 0 Å². The number of aromatic nitrogens is 1. The number of para-hydroxylation sites is 1. The average Bonchev–Trinajstić information content (AvgIpc) is 3.36. The number of rotatable bonds is 9. The molecule has 226 valence electrons. The fourth-order valence-electron chi connectivity index (χ4n) is 4.70. The lowest BCUT2D eigenvalue weighted by Gasteiger charge is -2.21. The highest BCUT2D eigenvalue weighted by Gasteiger charge is 2.14. The van der Waals surface area contributed by atoms with Crippen LogP contribution < -0.4 is 4.90 Å². The number of allylic oxidation sites excluding steroid dienone is 5. The summed E-state index contributed by atoms with van der Waals surface area (Å²) < 4.78 is 2.28. The Balaban J connectivity index is 0.000000496. The van der Waals surface area contributed by atoms with Crippen LogP contribution in [0.25, 0.3) is 28.7 Å². The highest BCUT2D eigenvalue weighted by molar-refractivity contribution is 5.95. The van der Waals surface area contributed by atoms with Crippen LogP contribution >= 0.6 is 0 Å². The van der Waals surface area contributed by atoms with E-state index in [1.165, 1.54) is 22.0 Å². The standard InChI is InChI=1S/C30H34N2.C9H12.C2H6/c1-8-13-27-28-14-11-12-15-30(28)32(29(27)10-3)26-20-18-25(19-21-26)31(7)24(9-2)17-16-23(6)22(4)5;1-8(2)9-6-4-3-5-7-9;1-2/h8-22H,3,6H2,1-2,4-5,7H3;3-8H,1-2H3;1-2H3/b13-8-,17-16-,24-9+;;. The molecule has 4 rings (SSSR count). The van der Waals surface area contributed by atoms with Crippen LogP contribution in [0.15, 0.2) is 128 Å². The van der Waals surface area contributed by atoms with Gasteiger partial charge in [-0.3, -0.25) is 0 Å². The number of likely N-dealkylation sites (N-methyl/N-ethyl adjacent to an activating group) is 1. The summed E-state index contributed by atoms with van der Waals surface area (Å²) in [5.74, 6) is 1.10. The summed E-state index contributed by atoms with van der Waals surface area (Å²) in [6.45, 7) is 25.1. The number of nitrogens with zero attached hydrogens (tertiary/aromatic N) is 2. The van der Waals surface area contributed by atoms with Crippen molar-refractivity contribution in [3.8, 4) is 5.69 Å². The maximum atomic E-state index is 4.15. The molecular formula is C41H52N2. The zero-order valence-corrected chi connectivity index (χ0v) is 27.9. The second-order valence-electron chi connectivity index (χ2n) is 10.8.